The fraction of sp³-hybridized carbons (Fsp3) is 0.250. The standard InChI is InChI=1S/C16H18N2O2/c1-12-5-6-15(8-13(12)2)20-11-16(19)18-10-14-4-3-7-17-9-14/h3-9H,10-11H2,1-2H3,(H,18,19). The van der Waals surface area contributed by atoms with Crippen molar-refractivity contribution in [2.45, 2.75) is 20.4 Å². The van der Waals surface area contributed by atoms with Crippen LogP contribution in [0.1, 0.15) is 16.7 Å². The maximum absolute atomic E-state index is 11.7. The minimum Gasteiger partial charge on any atom is -0.484 e. The lowest BCUT2D eigenvalue weighted by atomic mass is 10.1. The second-order valence-corrected chi connectivity index (χ2v) is 4.67. The van der Waals surface area contributed by atoms with Gasteiger partial charge in [-0.1, -0.05) is 12.1 Å². The van der Waals surface area contributed by atoms with E-state index >= 15 is 0 Å². The zero-order valence-electron chi connectivity index (χ0n) is 11.7. The van der Waals surface area contributed by atoms with E-state index in [1.165, 1.54) is 5.56 Å². The van der Waals surface area contributed by atoms with Crippen LogP contribution in [0, 0.1) is 13.8 Å². The SMILES string of the molecule is Cc1ccc(OCC(=O)NCc2cccnc2)cc1C. The first-order valence-corrected chi connectivity index (χ1v) is 6.51. The van der Waals surface area contributed by atoms with E-state index in [9.17, 15) is 4.79 Å². The predicted octanol–water partition coefficient (Wildman–Crippen LogP) is 2.39. The number of amides is 1. The number of pyridine rings is 1. The molecule has 104 valence electrons. The molecule has 0 saturated carbocycles. The summed E-state index contributed by atoms with van der Waals surface area (Å²) in [5, 5.41) is 2.79. The molecule has 0 saturated heterocycles. The molecule has 1 heterocycles. The monoisotopic (exact) mass is 270 g/mol. The molecule has 0 bridgehead atoms. The molecule has 0 spiro atoms. The maximum Gasteiger partial charge on any atom is 0.258 e. The van der Waals surface area contributed by atoms with Gasteiger partial charge in [0.15, 0.2) is 6.61 Å². The number of aryl methyl sites for hydroxylation is 2. The van der Waals surface area contributed by atoms with Crippen molar-refractivity contribution in [3.8, 4) is 5.75 Å². The molecule has 4 heteroatoms. The highest BCUT2D eigenvalue weighted by molar-refractivity contribution is 5.77. The molecule has 20 heavy (non-hydrogen) atoms. The maximum atomic E-state index is 11.7. The number of hydrogen-bond acceptors (Lipinski definition) is 3. The van der Waals surface area contributed by atoms with Gasteiger partial charge in [0.1, 0.15) is 5.75 Å². The largest absolute Gasteiger partial charge is 0.484 e. The summed E-state index contributed by atoms with van der Waals surface area (Å²) in [6.45, 7) is 4.54. The molecule has 0 aliphatic heterocycles. The molecule has 0 aliphatic rings. The summed E-state index contributed by atoms with van der Waals surface area (Å²) in [5.41, 5.74) is 3.32. The van der Waals surface area contributed by atoms with Gasteiger partial charge in [0.25, 0.3) is 5.91 Å². The third-order valence-electron chi connectivity index (χ3n) is 3.06. The number of nitrogens with one attached hydrogen (secondary N) is 1. The molecule has 0 radical (unpaired) electrons. The summed E-state index contributed by atoms with van der Waals surface area (Å²) in [6, 6.07) is 9.54. The first-order chi connectivity index (χ1) is 9.65. The van der Waals surface area contributed by atoms with Gasteiger partial charge in [0, 0.05) is 18.9 Å². The van der Waals surface area contributed by atoms with E-state index in [1.807, 2.05) is 44.2 Å². The number of rotatable bonds is 5. The molecule has 0 unspecified atom stereocenters. The van der Waals surface area contributed by atoms with Crippen LogP contribution in [0.4, 0.5) is 0 Å². The Kier molecular flexibility index (Phi) is 4.71. The molecule has 1 amide bonds. The fourth-order valence-corrected chi connectivity index (χ4v) is 1.71. The van der Waals surface area contributed by atoms with Gasteiger partial charge in [-0.2, -0.15) is 0 Å². The molecule has 1 aromatic heterocycles. The van der Waals surface area contributed by atoms with E-state index in [4.69, 9.17) is 4.74 Å². The lowest BCUT2D eigenvalue weighted by Crippen LogP contribution is -2.28. The Hall–Kier alpha value is -2.36. The molecule has 1 N–H and O–H groups in total. The van der Waals surface area contributed by atoms with E-state index in [1.54, 1.807) is 12.4 Å². The van der Waals surface area contributed by atoms with Gasteiger partial charge in [0.05, 0.1) is 0 Å². The van der Waals surface area contributed by atoms with Crippen molar-refractivity contribution in [1.29, 1.82) is 0 Å². The van der Waals surface area contributed by atoms with E-state index in [2.05, 4.69) is 10.3 Å². The highest BCUT2D eigenvalue weighted by Gasteiger charge is 2.03. The van der Waals surface area contributed by atoms with Crippen LogP contribution in [-0.2, 0) is 11.3 Å². The summed E-state index contributed by atoms with van der Waals surface area (Å²) < 4.78 is 5.46. The molecular formula is C16H18N2O2. The van der Waals surface area contributed by atoms with Gasteiger partial charge in [-0.3, -0.25) is 9.78 Å². The molecule has 0 aliphatic carbocycles. The molecule has 4 nitrogen and oxygen atoms in total. The Morgan fingerprint density at radius 1 is 1.25 bits per heavy atom. The number of nitrogens with zero attached hydrogens (tertiary/aromatic N) is 1. The van der Waals surface area contributed by atoms with Crippen LogP contribution in [0.3, 0.4) is 0 Å². The minimum atomic E-state index is -0.146. The average Bonchev–Trinajstić information content (AvgIpc) is 2.47. The third-order valence-corrected chi connectivity index (χ3v) is 3.06. The summed E-state index contributed by atoms with van der Waals surface area (Å²) in [5.74, 6) is 0.566. The number of carbonyl (C=O) groups is 1. The predicted molar refractivity (Wildman–Crippen MR) is 77.5 cm³/mol. The van der Waals surface area contributed by atoms with Crippen molar-refractivity contribution in [3.05, 3.63) is 59.4 Å². The second kappa shape index (κ2) is 6.70. The van der Waals surface area contributed by atoms with Gasteiger partial charge < -0.3 is 10.1 Å². The van der Waals surface area contributed by atoms with E-state index < -0.39 is 0 Å². The number of hydrogen-bond donors (Lipinski definition) is 1. The Balaban J connectivity index is 1.79. The topological polar surface area (TPSA) is 51.2 Å². The van der Waals surface area contributed by atoms with Crippen molar-refractivity contribution in [2.75, 3.05) is 6.61 Å². The first-order valence-electron chi connectivity index (χ1n) is 6.51. The number of carbonyl (C=O) groups excluding carboxylic acids is 1. The molecular weight excluding hydrogens is 252 g/mol. The van der Waals surface area contributed by atoms with Gasteiger partial charge in [-0.05, 0) is 48.7 Å². The van der Waals surface area contributed by atoms with Crippen molar-refractivity contribution in [3.63, 3.8) is 0 Å². The van der Waals surface area contributed by atoms with Crippen LogP contribution in [-0.4, -0.2) is 17.5 Å². The Morgan fingerprint density at radius 2 is 2.10 bits per heavy atom. The number of aromatic nitrogens is 1. The van der Waals surface area contributed by atoms with Crippen LogP contribution in [0.25, 0.3) is 0 Å². The average molecular weight is 270 g/mol. The van der Waals surface area contributed by atoms with Crippen LogP contribution in [0.5, 0.6) is 5.75 Å². The second-order valence-electron chi connectivity index (χ2n) is 4.67. The smallest absolute Gasteiger partial charge is 0.258 e. The van der Waals surface area contributed by atoms with E-state index in [0.717, 1.165) is 11.1 Å². The Labute approximate surface area is 118 Å². The highest BCUT2D eigenvalue weighted by Crippen LogP contribution is 2.16. The molecule has 1 aromatic carbocycles. The van der Waals surface area contributed by atoms with Crippen molar-refractivity contribution >= 4 is 5.91 Å². The number of benzene rings is 1. The summed E-state index contributed by atoms with van der Waals surface area (Å²) >= 11 is 0. The van der Waals surface area contributed by atoms with Crippen LogP contribution in [0.2, 0.25) is 0 Å². The summed E-state index contributed by atoms with van der Waals surface area (Å²) in [7, 11) is 0. The van der Waals surface area contributed by atoms with Crippen LogP contribution < -0.4 is 10.1 Å². The van der Waals surface area contributed by atoms with E-state index in [0.29, 0.717) is 12.3 Å². The van der Waals surface area contributed by atoms with Crippen LogP contribution in [0.15, 0.2) is 42.7 Å². The zero-order chi connectivity index (χ0) is 14.4. The minimum absolute atomic E-state index is 0.0166. The Morgan fingerprint density at radius 3 is 2.80 bits per heavy atom. The highest BCUT2D eigenvalue weighted by atomic mass is 16.5. The van der Waals surface area contributed by atoms with E-state index in [-0.39, 0.29) is 12.5 Å². The normalized spacial score (nSPS) is 10.1. The lowest BCUT2D eigenvalue weighted by molar-refractivity contribution is -0.123. The van der Waals surface area contributed by atoms with Crippen LogP contribution >= 0.6 is 0 Å². The van der Waals surface area contributed by atoms with Gasteiger partial charge >= 0.3 is 0 Å². The van der Waals surface area contributed by atoms with Crippen molar-refractivity contribution in [2.24, 2.45) is 0 Å². The van der Waals surface area contributed by atoms with Gasteiger partial charge in [0.2, 0.25) is 0 Å². The third kappa shape index (κ3) is 4.09. The fourth-order valence-electron chi connectivity index (χ4n) is 1.71. The first kappa shape index (κ1) is 14.1. The molecule has 0 fully saturated rings. The zero-order valence-corrected chi connectivity index (χ0v) is 11.7. The van der Waals surface area contributed by atoms with Gasteiger partial charge in [-0.25, -0.2) is 0 Å². The number of ether oxygens (including phenoxy) is 1. The molecule has 2 rings (SSSR count). The van der Waals surface area contributed by atoms with Crippen molar-refractivity contribution < 1.29 is 9.53 Å². The summed E-state index contributed by atoms with van der Waals surface area (Å²) in [6.07, 6.45) is 3.43. The Bertz CT molecular complexity index is 582. The quantitative estimate of drug-likeness (QED) is 0.907. The van der Waals surface area contributed by atoms with Gasteiger partial charge in [-0.15, -0.1) is 0 Å². The lowest BCUT2D eigenvalue weighted by Gasteiger charge is -2.09. The van der Waals surface area contributed by atoms with Crippen molar-refractivity contribution in [1.82, 2.24) is 10.3 Å². The molecule has 2 aromatic rings. The molecule has 0 atom stereocenters. The summed E-state index contributed by atoms with van der Waals surface area (Å²) in [4.78, 5) is 15.7.